The van der Waals surface area contributed by atoms with E-state index in [1.807, 2.05) is 6.92 Å². The van der Waals surface area contributed by atoms with Crippen molar-refractivity contribution in [2.75, 3.05) is 5.32 Å². The van der Waals surface area contributed by atoms with E-state index in [0.29, 0.717) is 28.9 Å². The van der Waals surface area contributed by atoms with Crippen molar-refractivity contribution in [3.8, 4) is 11.1 Å². The highest BCUT2D eigenvalue weighted by Crippen LogP contribution is 2.31. The van der Waals surface area contributed by atoms with Crippen LogP contribution in [0.25, 0.3) is 11.1 Å². The van der Waals surface area contributed by atoms with Crippen LogP contribution in [0.15, 0.2) is 61.8 Å². The Morgan fingerprint density at radius 2 is 2.03 bits per heavy atom. The number of nitrogens with zero attached hydrogens (tertiary/aromatic N) is 1. The van der Waals surface area contributed by atoms with Gasteiger partial charge in [0.1, 0.15) is 5.82 Å². The highest BCUT2D eigenvalue weighted by Gasteiger charge is 2.17. The van der Waals surface area contributed by atoms with Crippen LogP contribution in [0.2, 0.25) is 0 Å². The monoisotopic (exact) mass is 397 g/mol. The number of anilines is 1. The lowest BCUT2D eigenvalue weighted by atomic mass is 10.0. The molecule has 0 spiro atoms. The second-order valence-corrected chi connectivity index (χ2v) is 6.65. The van der Waals surface area contributed by atoms with Gasteiger partial charge in [0.25, 0.3) is 0 Å². The summed E-state index contributed by atoms with van der Waals surface area (Å²) in [4.78, 5) is 27.6. The SMILES string of the molecule is C=CC[C@H](NC(=O)O)c1cc(-c2cc(F)ccc2NC(=O)CC(C)C=C)ccn1. The van der Waals surface area contributed by atoms with Crippen LogP contribution in [0.5, 0.6) is 0 Å². The minimum absolute atomic E-state index is 0.00757. The number of carbonyl (C=O) groups is 2. The average Bonchev–Trinajstić information content (AvgIpc) is 2.68. The summed E-state index contributed by atoms with van der Waals surface area (Å²) in [5.74, 6) is -0.660. The average molecular weight is 397 g/mol. The van der Waals surface area contributed by atoms with Crippen LogP contribution >= 0.6 is 0 Å². The molecule has 7 heteroatoms. The molecule has 0 saturated carbocycles. The zero-order valence-electron chi connectivity index (χ0n) is 16.2. The molecule has 3 N–H and O–H groups in total. The molecular formula is C22H24FN3O3. The number of pyridine rings is 1. The van der Waals surface area contributed by atoms with E-state index < -0.39 is 18.0 Å². The van der Waals surface area contributed by atoms with Gasteiger partial charge in [0, 0.05) is 23.9 Å². The summed E-state index contributed by atoms with van der Waals surface area (Å²) in [5, 5.41) is 14.3. The number of hydrogen-bond donors (Lipinski definition) is 3. The van der Waals surface area contributed by atoms with Crippen molar-refractivity contribution in [1.82, 2.24) is 10.3 Å². The molecule has 1 aromatic carbocycles. The van der Waals surface area contributed by atoms with Gasteiger partial charge < -0.3 is 15.7 Å². The normalized spacial score (nSPS) is 12.5. The van der Waals surface area contributed by atoms with Crippen LogP contribution < -0.4 is 10.6 Å². The first kappa shape index (κ1) is 21.8. The van der Waals surface area contributed by atoms with E-state index in [2.05, 4.69) is 28.8 Å². The Bertz CT molecular complexity index is 914. The van der Waals surface area contributed by atoms with E-state index in [9.17, 15) is 14.0 Å². The number of benzene rings is 1. The molecule has 0 radical (unpaired) electrons. The molecule has 0 bridgehead atoms. The number of aromatic nitrogens is 1. The van der Waals surface area contributed by atoms with Gasteiger partial charge in [-0.25, -0.2) is 9.18 Å². The van der Waals surface area contributed by atoms with E-state index in [-0.39, 0.29) is 18.2 Å². The third kappa shape index (κ3) is 6.27. The Kier molecular flexibility index (Phi) is 7.65. The van der Waals surface area contributed by atoms with E-state index in [1.54, 1.807) is 24.3 Å². The van der Waals surface area contributed by atoms with Crippen molar-refractivity contribution < 1.29 is 19.1 Å². The predicted octanol–water partition coefficient (Wildman–Crippen LogP) is 4.92. The van der Waals surface area contributed by atoms with Gasteiger partial charge in [-0.3, -0.25) is 9.78 Å². The first-order valence-electron chi connectivity index (χ1n) is 9.12. The molecular weight excluding hydrogens is 373 g/mol. The van der Waals surface area contributed by atoms with Crippen LogP contribution in [0.4, 0.5) is 14.9 Å². The molecule has 0 saturated heterocycles. The lowest BCUT2D eigenvalue weighted by Gasteiger charge is -2.17. The van der Waals surface area contributed by atoms with E-state index >= 15 is 0 Å². The molecule has 2 aromatic rings. The third-order valence-corrected chi connectivity index (χ3v) is 4.31. The lowest BCUT2D eigenvalue weighted by molar-refractivity contribution is -0.116. The molecule has 1 heterocycles. The molecule has 1 unspecified atom stereocenters. The van der Waals surface area contributed by atoms with Gasteiger partial charge in [0.05, 0.1) is 11.7 Å². The minimum atomic E-state index is -1.18. The second kappa shape index (κ2) is 10.2. The fourth-order valence-corrected chi connectivity index (χ4v) is 2.82. The topological polar surface area (TPSA) is 91.3 Å². The van der Waals surface area contributed by atoms with Crippen molar-refractivity contribution in [3.05, 3.63) is 73.3 Å². The van der Waals surface area contributed by atoms with Gasteiger partial charge in [-0.15, -0.1) is 13.2 Å². The third-order valence-electron chi connectivity index (χ3n) is 4.31. The zero-order chi connectivity index (χ0) is 21.4. The Morgan fingerprint density at radius 3 is 2.69 bits per heavy atom. The second-order valence-electron chi connectivity index (χ2n) is 6.65. The number of hydrogen-bond acceptors (Lipinski definition) is 3. The molecule has 6 nitrogen and oxygen atoms in total. The van der Waals surface area contributed by atoms with E-state index in [4.69, 9.17) is 5.11 Å². The van der Waals surface area contributed by atoms with Crippen molar-refractivity contribution in [2.24, 2.45) is 5.92 Å². The van der Waals surface area contributed by atoms with Crippen LogP contribution in [-0.2, 0) is 4.79 Å². The molecule has 29 heavy (non-hydrogen) atoms. The van der Waals surface area contributed by atoms with Gasteiger partial charge >= 0.3 is 6.09 Å². The quantitative estimate of drug-likeness (QED) is 0.524. The molecule has 152 valence electrons. The first-order valence-corrected chi connectivity index (χ1v) is 9.12. The number of nitrogens with one attached hydrogen (secondary N) is 2. The molecule has 0 aliphatic heterocycles. The van der Waals surface area contributed by atoms with E-state index in [1.165, 1.54) is 24.4 Å². The largest absolute Gasteiger partial charge is 0.465 e. The highest BCUT2D eigenvalue weighted by atomic mass is 19.1. The fourth-order valence-electron chi connectivity index (χ4n) is 2.82. The van der Waals surface area contributed by atoms with Gasteiger partial charge in [-0.2, -0.15) is 0 Å². The summed E-state index contributed by atoms with van der Waals surface area (Å²) in [5.41, 5.74) is 1.99. The standard InChI is InChI=1S/C22H24FN3O3/c1-4-6-19(26-22(28)29)20-12-15(9-10-24-20)17-13-16(23)7-8-18(17)25-21(27)11-14(3)5-2/h4-5,7-10,12-14,19,26H,1-2,6,11H2,3H3,(H,25,27)(H,28,29)/t14?,19-/m0/s1. The van der Waals surface area contributed by atoms with Crippen molar-refractivity contribution in [3.63, 3.8) is 0 Å². The molecule has 0 fully saturated rings. The molecule has 1 aromatic heterocycles. The van der Waals surface area contributed by atoms with Gasteiger partial charge in [-0.05, 0) is 48.2 Å². The molecule has 0 aliphatic rings. The number of allylic oxidation sites excluding steroid dienone is 1. The van der Waals surface area contributed by atoms with Crippen LogP contribution in [-0.4, -0.2) is 22.1 Å². The van der Waals surface area contributed by atoms with Crippen LogP contribution in [0.3, 0.4) is 0 Å². The molecule has 0 aliphatic carbocycles. The Balaban J connectivity index is 2.39. The molecule has 2 amide bonds. The van der Waals surface area contributed by atoms with Crippen LogP contribution in [0.1, 0.15) is 31.5 Å². The summed E-state index contributed by atoms with van der Waals surface area (Å²) in [6.45, 7) is 9.18. The highest BCUT2D eigenvalue weighted by molar-refractivity contribution is 5.95. The number of carboxylic acid groups (broad SMARTS) is 1. The fraction of sp³-hybridized carbons (Fsp3) is 0.227. The maximum Gasteiger partial charge on any atom is 0.405 e. The van der Waals surface area contributed by atoms with Gasteiger partial charge in [0.15, 0.2) is 0 Å². The van der Waals surface area contributed by atoms with E-state index in [0.717, 1.165) is 0 Å². The number of halogens is 1. The van der Waals surface area contributed by atoms with Gasteiger partial charge in [-0.1, -0.05) is 19.1 Å². The Hall–Kier alpha value is -3.48. The van der Waals surface area contributed by atoms with Gasteiger partial charge in [0.2, 0.25) is 5.91 Å². The number of carbonyl (C=O) groups excluding carboxylic acids is 1. The smallest absolute Gasteiger partial charge is 0.405 e. The Labute approximate surface area is 169 Å². The Morgan fingerprint density at radius 1 is 1.28 bits per heavy atom. The minimum Gasteiger partial charge on any atom is -0.465 e. The number of amides is 2. The van der Waals surface area contributed by atoms with Crippen LogP contribution in [0, 0.1) is 11.7 Å². The first-order chi connectivity index (χ1) is 13.8. The van der Waals surface area contributed by atoms with Crippen molar-refractivity contribution in [2.45, 2.75) is 25.8 Å². The lowest BCUT2D eigenvalue weighted by Crippen LogP contribution is -2.27. The predicted molar refractivity (Wildman–Crippen MR) is 111 cm³/mol. The summed E-state index contributed by atoms with van der Waals surface area (Å²) in [6, 6.07) is 6.83. The summed E-state index contributed by atoms with van der Waals surface area (Å²) < 4.78 is 13.9. The van der Waals surface area contributed by atoms with Crippen molar-refractivity contribution >= 4 is 17.7 Å². The maximum absolute atomic E-state index is 13.9. The zero-order valence-corrected chi connectivity index (χ0v) is 16.2. The summed E-state index contributed by atoms with van der Waals surface area (Å²) >= 11 is 0. The summed E-state index contributed by atoms with van der Waals surface area (Å²) in [7, 11) is 0. The summed E-state index contributed by atoms with van der Waals surface area (Å²) in [6.07, 6.45) is 4.21. The number of rotatable bonds is 9. The molecule has 2 rings (SSSR count). The molecule has 2 atom stereocenters. The van der Waals surface area contributed by atoms with Crippen molar-refractivity contribution in [1.29, 1.82) is 0 Å². The maximum atomic E-state index is 13.9.